The number of alkyl halides is 1. The maximum Gasteiger partial charge on any atom is 0.516 e. The van der Waals surface area contributed by atoms with Crippen LogP contribution in [0.3, 0.4) is 0 Å². The molecule has 7 nitrogen and oxygen atoms in total. The molecule has 1 aromatic carbocycles. The molecule has 3 rings (SSSR count). The summed E-state index contributed by atoms with van der Waals surface area (Å²) in [5, 5.41) is 14.0. The van der Waals surface area contributed by atoms with Gasteiger partial charge in [0.15, 0.2) is 0 Å². The molecule has 1 N–H and O–H groups in total. The number of hydrogen-bond donors (Lipinski definition) is 1. The third-order valence-corrected chi connectivity index (χ3v) is 5.76. The molecule has 0 bridgehead atoms. The summed E-state index contributed by atoms with van der Waals surface area (Å²) in [6, 6.07) is 8.56. The lowest BCUT2D eigenvalue weighted by molar-refractivity contribution is -0.857. The number of azide groups is 1. The first-order valence-electron chi connectivity index (χ1n) is 7.53. The predicted octanol–water partition coefficient (Wildman–Crippen LogP) is -0.267. The summed E-state index contributed by atoms with van der Waals surface area (Å²) in [6.45, 7) is 0.994. The lowest BCUT2D eigenvalue weighted by Gasteiger charge is -2.31. The standard InChI is InChI=1S/C15H18BrN4O3.BrH/c16-11-6-7-20(8-12(21)13(14(11)20)18-19-17)15(22)23-9-10-4-2-1-3-5-10;/h1-5,11-14,21H,6-9H2;1H/q+1;/p-1/t11-,12+,13-,14+,20+;/m0./s1. The number of carbonyl (C=O) groups excluding carboxylic acids is 1. The van der Waals surface area contributed by atoms with Gasteiger partial charge in [0.2, 0.25) is 0 Å². The molecule has 0 aromatic heterocycles. The number of hydrogen-bond acceptors (Lipinski definition) is 4. The summed E-state index contributed by atoms with van der Waals surface area (Å²) in [4.78, 5) is 15.6. The van der Waals surface area contributed by atoms with Crippen molar-refractivity contribution in [2.75, 3.05) is 13.1 Å². The van der Waals surface area contributed by atoms with Crippen molar-refractivity contribution in [1.29, 1.82) is 0 Å². The van der Waals surface area contributed by atoms with Gasteiger partial charge in [-0.2, -0.15) is 4.79 Å². The van der Waals surface area contributed by atoms with Crippen LogP contribution >= 0.6 is 15.9 Å². The topological polar surface area (TPSA) is 95.3 Å². The van der Waals surface area contributed by atoms with Crippen LogP contribution in [0.2, 0.25) is 0 Å². The van der Waals surface area contributed by atoms with Gasteiger partial charge in [0.25, 0.3) is 0 Å². The second-order valence-electron chi connectivity index (χ2n) is 6.04. The third kappa shape index (κ3) is 3.32. The Morgan fingerprint density at radius 2 is 2.17 bits per heavy atom. The quantitative estimate of drug-likeness (QED) is 0.221. The average Bonchev–Trinajstić information content (AvgIpc) is 3.03. The van der Waals surface area contributed by atoms with Crippen molar-refractivity contribution in [2.45, 2.75) is 36.0 Å². The van der Waals surface area contributed by atoms with Gasteiger partial charge in [-0.25, -0.2) is 4.48 Å². The fraction of sp³-hybridized carbons (Fsp3) is 0.533. The van der Waals surface area contributed by atoms with Crippen molar-refractivity contribution in [2.24, 2.45) is 5.11 Å². The molecule has 2 saturated heterocycles. The number of rotatable bonds is 3. The number of benzene rings is 1. The fourth-order valence-corrected chi connectivity index (χ4v) is 4.68. The zero-order valence-electron chi connectivity index (χ0n) is 12.8. The Morgan fingerprint density at radius 3 is 2.83 bits per heavy atom. The van der Waals surface area contributed by atoms with Crippen LogP contribution in [0.4, 0.5) is 4.79 Å². The van der Waals surface area contributed by atoms with E-state index < -0.39 is 12.1 Å². The molecule has 0 spiro atoms. The zero-order chi connectivity index (χ0) is 16.4. The summed E-state index contributed by atoms with van der Waals surface area (Å²) in [6.07, 6.45) is -0.425. The molecule has 9 heteroatoms. The molecule has 0 unspecified atom stereocenters. The van der Waals surface area contributed by atoms with E-state index in [0.29, 0.717) is 6.54 Å². The first-order chi connectivity index (χ1) is 11.1. The minimum Gasteiger partial charge on any atom is -1.00 e. The number of carbonyl (C=O) groups is 1. The molecular weight excluding hydrogens is 444 g/mol. The Morgan fingerprint density at radius 1 is 1.46 bits per heavy atom. The summed E-state index contributed by atoms with van der Waals surface area (Å²) >= 11 is 3.56. The van der Waals surface area contributed by atoms with Crippen molar-refractivity contribution < 1.29 is 36.1 Å². The summed E-state index contributed by atoms with van der Waals surface area (Å²) < 4.78 is 5.53. The first kappa shape index (κ1) is 19.2. The van der Waals surface area contributed by atoms with Crippen molar-refractivity contribution in [3.8, 4) is 0 Å². The lowest BCUT2D eigenvalue weighted by Crippen LogP contribution is -3.00. The maximum absolute atomic E-state index is 12.7. The smallest absolute Gasteiger partial charge is 0.516 e. The molecule has 5 atom stereocenters. The van der Waals surface area contributed by atoms with Crippen molar-refractivity contribution >= 4 is 22.0 Å². The Labute approximate surface area is 158 Å². The molecule has 0 radical (unpaired) electrons. The van der Waals surface area contributed by atoms with Gasteiger partial charge in [0.05, 0.1) is 11.4 Å². The van der Waals surface area contributed by atoms with E-state index in [0.717, 1.165) is 12.0 Å². The number of halogens is 2. The molecule has 2 heterocycles. The van der Waals surface area contributed by atoms with Gasteiger partial charge in [0, 0.05) is 11.3 Å². The van der Waals surface area contributed by atoms with Gasteiger partial charge in [-0.3, -0.25) is 0 Å². The number of ether oxygens (including phenoxy) is 1. The largest absolute Gasteiger partial charge is 1.00 e. The molecule has 24 heavy (non-hydrogen) atoms. The van der Waals surface area contributed by atoms with Crippen LogP contribution in [-0.4, -0.2) is 51.8 Å². The van der Waals surface area contributed by atoms with Crippen molar-refractivity contribution in [1.82, 2.24) is 0 Å². The molecule has 130 valence electrons. The summed E-state index contributed by atoms with van der Waals surface area (Å²) in [5.74, 6) is 0. The van der Waals surface area contributed by atoms with Crippen LogP contribution in [0, 0.1) is 0 Å². The second-order valence-corrected chi connectivity index (χ2v) is 7.21. The van der Waals surface area contributed by atoms with Crippen molar-refractivity contribution in [3.05, 3.63) is 46.3 Å². The van der Waals surface area contributed by atoms with Gasteiger partial charge in [-0.15, -0.1) is 0 Å². The molecule has 2 aliphatic heterocycles. The highest BCUT2D eigenvalue weighted by Crippen LogP contribution is 2.42. The minimum absolute atomic E-state index is 0. The Bertz CT molecular complexity index is 641. The normalized spacial score (nSPS) is 33.9. The van der Waals surface area contributed by atoms with Crippen LogP contribution in [0.1, 0.15) is 12.0 Å². The SMILES string of the molecule is [Br-].[N-]=[N+]=N[C@@H]1[C@H]2[C@@H](Br)CC[N@@+]2(C(=O)OCc2ccccc2)C[C@H]1O. The van der Waals surface area contributed by atoms with E-state index in [1.807, 2.05) is 30.3 Å². The van der Waals surface area contributed by atoms with Gasteiger partial charge in [0.1, 0.15) is 31.3 Å². The average molecular weight is 462 g/mol. The van der Waals surface area contributed by atoms with Gasteiger partial charge in [-0.1, -0.05) is 51.4 Å². The number of aliphatic hydroxyl groups excluding tert-OH is 1. The van der Waals surface area contributed by atoms with E-state index in [9.17, 15) is 9.90 Å². The molecule has 2 aliphatic rings. The highest BCUT2D eigenvalue weighted by atomic mass is 79.9. The number of quaternary nitrogens is 1. The van der Waals surface area contributed by atoms with Crippen LogP contribution < -0.4 is 17.0 Å². The van der Waals surface area contributed by atoms with E-state index in [-0.39, 0.29) is 51.6 Å². The predicted molar refractivity (Wildman–Crippen MR) is 86.7 cm³/mol. The van der Waals surface area contributed by atoms with Gasteiger partial charge < -0.3 is 26.8 Å². The Kier molecular flexibility index (Phi) is 6.28. The molecule has 0 saturated carbocycles. The van der Waals surface area contributed by atoms with E-state index in [4.69, 9.17) is 10.3 Å². The lowest BCUT2D eigenvalue weighted by atomic mass is 10.1. The third-order valence-electron chi connectivity index (χ3n) is 4.76. The van der Waals surface area contributed by atoms with E-state index in [2.05, 4.69) is 26.0 Å². The molecular formula is C15H18Br2N4O3. The van der Waals surface area contributed by atoms with E-state index in [1.54, 1.807) is 0 Å². The monoisotopic (exact) mass is 460 g/mol. The highest BCUT2D eigenvalue weighted by Gasteiger charge is 2.64. The number of fused-ring (bicyclic) bond motifs is 1. The second kappa shape index (κ2) is 7.84. The van der Waals surface area contributed by atoms with Crippen LogP contribution in [-0.2, 0) is 11.3 Å². The molecule has 1 amide bonds. The number of nitrogens with zero attached hydrogens (tertiary/aromatic N) is 4. The Hall–Kier alpha value is -1.12. The van der Waals surface area contributed by atoms with Crippen LogP contribution in [0.15, 0.2) is 35.4 Å². The number of amides is 1. The molecule has 0 aliphatic carbocycles. The fourth-order valence-electron chi connectivity index (χ4n) is 3.71. The van der Waals surface area contributed by atoms with E-state index >= 15 is 0 Å². The summed E-state index contributed by atoms with van der Waals surface area (Å²) in [5.41, 5.74) is 9.65. The van der Waals surface area contributed by atoms with Crippen LogP contribution in [0.25, 0.3) is 10.4 Å². The van der Waals surface area contributed by atoms with Gasteiger partial charge >= 0.3 is 6.09 Å². The highest BCUT2D eigenvalue weighted by molar-refractivity contribution is 9.09. The maximum atomic E-state index is 12.7. The first-order valence-corrected chi connectivity index (χ1v) is 8.44. The summed E-state index contributed by atoms with van der Waals surface area (Å²) in [7, 11) is 0. The van der Waals surface area contributed by atoms with Crippen LogP contribution in [0.5, 0.6) is 0 Å². The zero-order valence-corrected chi connectivity index (χ0v) is 16.0. The minimum atomic E-state index is -0.833. The van der Waals surface area contributed by atoms with Gasteiger partial charge in [-0.05, 0) is 11.1 Å². The van der Waals surface area contributed by atoms with Crippen molar-refractivity contribution in [3.63, 3.8) is 0 Å². The Balaban J connectivity index is 0.00000208. The number of aliphatic hydroxyl groups is 1. The molecule has 1 aromatic rings. The van der Waals surface area contributed by atoms with E-state index in [1.165, 1.54) is 0 Å². The molecule has 2 fully saturated rings.